The first-order valence-electron chi connectivity index (χ1n) is 5.53. The van der Waals surface area contributed by atoms with Gasteiger partial charge in [-0.15, -0.1) is 0 Å². The Morgan fingerprint density at radius 3 is 2.84 bits per heavy atom. The molecular weight excluding hydrogens is 252 g/mol. The number of methoxy groups -OCH3 is 1. The highest BCUT2D eigenvalue weighted by Crippen LogP contribution is 2.11. The van der Waals surface area contributed by atoms with Crippen LogP contribution in [0.3, 0.4) is 0 Å². The molecule has 0 aliphatic heterocycles. The van der Waals surface area contributed by atoms with Crippen LogP contribution >= 0.6 is 0 Å². The van der Waals surface area contributed by atoms with E-state index >= 15 is 0 Å². The van der Waals surface area contributed by atoms with Gasteiger partial charge in [0.05, 0.1) is 12.6 Å². The molecule has 0 aliphatic rings. The van der Waals surface area contributed by atoms with Gasteiger partial charge in [0.25, 0.3) is 0 Å². The maximum atomic E-state index is 11.6. The van der Waals surface area contributed by atoms with Gasteiger partial charge in [0.2, 0.25) is 5.91 Å². The van der Waals surface area contributed by atoms with Crippen molar-refractivity contribution in [3.63, 3.8) is 0 Å². The number of carbonyl (C=O) groups excluding carboxylic acids is 2. The Balaban J connectivity index is 2.13. The van der Waals surface area contributed by atoms with E-state index in [1.54, 1.807) is 24.3 Å². The molecule has 0 saturated carbocycles. The molecule has 1 heterocycles. The first-order chi connectivity index (χ1) is 9.11. The van der Waals surface area contributed by atoms with Crippen LogP contribution in [0.5, 0.6) is 0 Å². The lowest BCUT2D eigenvalue weighted by Gasteiger charge is -2.04. The number of nitrogens with one attached hydrogen (secondary N) is 1. The van der Waals surface area contributed by atoms with E-state index in [-0.39, 0.29) is 13.1 Å². The highest BCUT2D eigenvalue weighted by Gasteiger charge is 2.12. The summed E-state index contributed by atoms with van der Waals surface area (Å²) in [4.78, 5) is 34.1. The Morgan fingerprint density at radius 1 is 1.37 bits per heavy atom. The molecule has 7 nitrogen and oxygen atoms in total. The number of amides is 1. The first-order valence-corrected chi connectivity index (χ1v) is 5.53. The van der Waals surface area contributed by atoms with Gasteiger partial charge in [-0.25, -0.2) is 4.79 Å². The van der Waals surface area contributed by atoms with Crippen molar-refractivity contribution in [2.24, 2.45) is 0 Å². The van der Waals surface area contributed by atoms with Crippen LogP contribution in [0.1, 0.15) is 0 Å². The summed E-state index contributed by atoms with van der Waals surface area (Å²) in [5, 5.41) is 2.35. The quantitative estimate of drug-likeness (QED) is 0.778. The van der Waals surface area contributed by atoms with E-state index in [0.29, 0.717) is 11.1 Å². The third kappa shape index (κ3) is 2.82. The number of carbonyl (C=O) groups is 2. The van der Waals surface area contributed by atoms with Crippen LogP contribution in [0.15, 0.2) is 33.5 Å². The molecule has 0 bridgehead atoms. The van der Waals surface area contributed by atoms with Crippen molar-refractivity contribution in [2.45, 2.75) is 6.54 Å². The second-order valence-electron chi connectivity index (χ2n) is 3.77. The van der Waals surface area contributed by atoms with E-state index in [1.165, 1.54) is 11.7 Å². The number of oxazole rings is 1. The van der Waals surface area contributed by atoms with Crippen molar-refractivity contribution in [3.8, 4) is 0 Å². The molecule has 0 atom stereocenters. The largest absolute Gasteiger partial charge is 0.468 e. The summed E-state index contributed by atoms with van der Waals surface area (Å²) in [6.45, 7) is -0.452. The van der Waals surface area contributed by atoms with Gasteiger partial charge in [0, 0.05) is 0 Å². The number of hydrogen-bond acceptors (Lipinski definition) is 5. The average molecular weight is 264 g/mol. The van der Waals surface area contributed by atoms with Crippen molar-refractivity contribution in [1.29, 1.82) is 0 Å². The molecule has 1 N–H and O–H groups in total. The van der Waals surface area contributed by atoms with E-state index in [4.69, 9.17) is 4.42 Å². The molecule has 1 aromatic carbocycles. The van der Waals surface area contributed by atoms with Crippen molar-refractivity contribution in [2.75, 3.05) is 13.7 Å². The van der Waals surface area contributed by atoms with Crippen molar-refractivity contribution < 1.29 is 18.7 Å². The minimum absolute atomic E-state index is 0.215. The fraction of sp³-hybridized carbons (Fsp3) is 0.250. The number of ether oxygens (including phenoxy) is 1. The number of nitrogens with zero attached hydrogens (tertiary/aromatic N) is 1. The van der Waals surface area contributed by atoms with Crippen molar-refractivity contribution in [3.05, 3.63) is 34.8 Å². The minimum Gasteiger partial charge on any atom is -0.468 e. The summed E-state index contributed by atoms with van der Waals surface area (Å²) < 4.78 is 10.6. The molecule has 0 radical (unpaired) electrons. The SMILES string of the molecule is COC(=O)CNC(=O)Cn1c(=O)oc2ccccc21. The molecule has 0 unspecified atom stereocenters. The molecule has 0 fully saturated rings. The number of para-hydroxylation sites is 2. The second kappa shape index (κ2) is 5.38. The molecule has 2 aromatic rings. The fourth-order valence-electron chi connectivity index (χ4n) is 1.61. The van der Waals surface area contributed by atoms with E-state index in [1.807, 2.05) is 0 Å². The van der Waals surface area contributed by atoms with Crippen molar-refractivity contribution in [1.82, 2.24) is 9.88 Å². The van der Waals surface area contributed by atoms with Crippen molar-refractivity contribution >= 4 is 23.0 Å². The number of benzene rings is 1. The van der Waals surface area contributed by atoms with E-state index in [9.17, 15) is 14.4 Å². The van der Waals surface area contributed by atoms with Gasteiger partial charge >= 0.3 is 11.7 Å². The lowest BCUT2D eigenvalue weighted by atomic mass is 10.3. The Kier molecular flexibility index (Phi) is 3.65. The average Bonchev–Trinajstić information content (AvgIpc) is 2.72. The van der Waals surface area contributed by atoms with Crippen LogP contribution in [0.2, 0.25) is 0 Å². The molecule has 1 amide bonds. The molecule has 19 heavy (non-hydrogen) atoms. The summed E-state index contributed by atoms with van der Waals surface area (Å²) >= 11 is 0. The highest BCUT2D eigenvalue weighted by molar-refractivity contribution is 5.83. The predicted molar refractivity (Wildman–Crippen MR) is 65.5 cm³/mol. The minimum atomic E-state index is -0.616. The van der Waals surface area contributed by atoms with Gasteiger partial charge in [-0.05, 0) is 12.1 Å². The third-order valence-corrected chi connectivity index (χ3v) is 2.53. The highest BCUT2D eigenvalue weighted by atomic mass is 16.5. The van der Waals surface area contributed by atoms with Crippen LogP contribution in [0.4, 0.5) is 0 Å². The summed E-state index contributed by atoms with van der Waals surface area (Å²) in [5.74, 6) is -1.65. The van der Waals surface area contributed by atoms with Gasteiger partial charge < -0.3 is 14.5 Å². The monoisotopic (exact) mass is 264 g/mol. The maximum Gasteiger partial charge on any atom is 0.420 e. The zero-order valence-electron chi connectivity index (χ0n) is 10.2. The van der Waals surface area contributed by atoms with Gasteiger partial charge in [0.1, 0.15) is 13.1 Å². The third-order valence-electron chi connectivity index (χ3n) is 2.53. The molecule has 0 saturated heterocycles. The van der Waals surface area contributed by atoms with E-state index in [0.717, 1.165) is 0 Å². The van der Waals surface area contributed by atoms with Crippen LogP contribution in [0.25, 0.3) is 11.1 Å². The van der Waals surface area contributed by atoms with Gasteiger partial charge in [-0.1, -0.05) is 12.1 Å². The number of fused-ring (bicyclic) bond motifs is 1. The number of aromatic nitrogens is 1. The van der Waals surface area contributed by atoms with Crippen LogP contribution in [0, 0.1) is 0 Å². The number of esters is 1. The maximum absolute atomic E-state index is 11.6. The van der Waals surface area contributed by atoms with Gasteiger partial charge in [-0.3, -0.25) is 14.2 Å². The normalized spacial score (nSPS) is 10.4. The number of rotatable bonds is 4. The van der Waals surface area contributed by atoms with Gasteiger partial charge in [0.15, 0.2) is 5.58 Å². The Hall–Kier alpha value is -2.57. The summed E-state index contributed by atoms with van der Waals surface area (Å²) in [6, 6.07) is 6.78. The summed E-state index contributed by atoms with van der Waals surface area (Å²) in [5.41, 5.74) is 0.939. The molecule has 7 heteroatoms. The molecule has 0 spiro atoms. The Bertz CT molecular complexity index is 670. The zero-order valence-corrected chi connectivity index (χ0v) is 10.2. The molecular formula is C12H12N2O5. The summed E-state index contributed by atoms with van der Waals surface area (Å²) in [7, 11) is 1.22. The lowest BCUT2D eigenvalue weighted by molar-refractivity contribution is -0.141. The molecule has 1 aromatic heterocycles. The Labute approximate surface area is 107 Å². The first kappa shape index (κ1) is 12.9. The predicted octanol–water partition coefficient (Wildman–Crippen LogP) is -0.116. The van der Waals surface area contributed by atoms with Crippen LogP contribution < -0.4 is 11.1 Å². The Morgan fingerprint density at radius 2 is 2.11 bits per heavy atom. The zero-order chi connectivity index (χ0) is 13.8. The standard InChI is InChI=1S/C12H12N2O5/c1-18-11(16)6-13-10(15)7-14-8-4-2-3-5-9(8)19-12(14)17/h2-5H,6-7H2,1H3,(H,13,15). The topological polar surface area (TPSA) is 90.5 Å². The van der Waals surface area contributed by atoms with Gasteiger partial charge in [-0.2, -0.15) is 0 Å². The lowest BCUT2D eigenvalue weighted by Crippen LogP contribution is -2.34. The summed E-state index contributed by atoms with van der Waals surface area (Å²) in [6.07, 6.45) is 0. The van der Waals surface area contributed by atoms with Crippen LogP contribution in [-0.4, -0.2) is 30.1 Å². The molecule has 2 rings (SSSR count). The van der Waals surface area contributed by atoms with E-state index < -0.39 is 17.6 Å². The second-order valence-corrected chi connectivity index (χ2v) is 3.77. The molecule has 100 valence electrons. The number of hydrogen-bond donors (Lipinski definition) is 1. The van der Waals surface area contributed by atoms with E-state index in [2.05, 4.69) is 10.1 Å². The molecule has 0 aliphatic carbocycles. The smallest absolute Gasteiger partial charge is 0.420 e. The van der Waals surface area contributed by atoms with Crippen LogP contribution in [-0.2, 0) is 20.9 Å². The fourth-order valence-corrected chi connectivity index (χ4v) is 1.61.